The summed E-state index contributed by atoms with van der Waals surface area (Å²) in [6.07, 6.45) is 2.21. The van der Waals surface area contributed by atoms with Gasteiger partial charge in [0, 0.05) is 0 Å². The summed E-state index contributed by atoms with van der Waals surface area (Å²) in [6.45, 7) is 2.77. The summed E-state index contributed by atoms with van der Waals surface area (Å²) in [5.74, 6) is 0.542. The van der Waals surface area contributed by atoms with Crippen LogP contribution in [-0.2, 0) is 9.47 Å². The highest BCUT2D eigenvalue weighted by Crippen LogP contribution is 2.16. The average Bonchev–Trinajstić information content (AvgIpc) is 2.37. The van der Waals surface area contributed by atoms with E-state index in [1.54, 1.807) is 0 Å². The first kappa shape index (κ1) is 8.31. The van der Waals surface area contributed by atoms with Gasteiger partial charge in [0.05, 0.1) is 18.6 Å². The second kappa shape index (κ2) is 4.16. The maximum absolute atomic E-state index is 5.57. The lowest BCUT2D eigenvalue weighted by molar-refractivity contribution is -0.0588. The molecule has 1 fully saturated rings. The van der Waals surface area contributed by atoms with E-state index >= 15 is 0 Å². The lowest BCUT2D eigenvalue weighted by Crippen LogP contribution is -2.13. The van der Waals surface area contributed by atoms with Gasteiger partial charge < -0.3 is 9.47 Å². The van der Waals surface area contributed by atoms with Crippen LogP contribution in [0.3, 0.4) is 0 Å². The maximum Gasteiger partial charge on any atom is 0.158 e. The maximum atomic E-state index is 5.57. The van der Waals surface area contributed by atoms with Crippen LogP contribution >= 0.6 is 11.6 Å². The van der Waals surface area contributed by atoms with Gasteiger partial charge in [-0.15, -0.1) is 11.6 Å². The highest BCUT2D eigenvalue weighted by atomic mass is 35.5. The zero-order valence-electron chi connectivity index (χ0n) is 6.18. The van der Waals surface area contributed by atoms with Crippen molar-refractivity contribution in [2.24, 2.45) is 0 Å². The summed E-state index contributed by atoms with van der Waals surface area (Å²) in [5, 5.41) is 0. The van der Waals surface area contributed by atoms with Crippen molar-refractivity contribution in [3.8, 4) is 0 Å². The molecule has 0 aromatic heterocycles. The van der Waals surface area contributed by atoms with Gasteiger partial charge in [0.15, 0.2) is 6.29 Å². The largest absolute Gasteiger partial charge is 0.350 e. The Morgan fingerprint density at radius 2 is 2.40 bits per heavy atom. The Labute approximate surface area is 66.5 Å². The standard InChI is InChI=1S/C7H13ClO2/c1-2-3-7-9-5-6(4-8)10-7/h6-7H,2-5H2,1H3/t6-,7+/m0/s1. The van der Waals surface area contributed by atoms with Crippen LogP contribution in [0.25, 0.3) is 0 Å². The molecule has 2 atom stereocenters. The van der Waals surface area contributed by atoms with Gasteiger partial charge >= 0.3 is 0 Å². The van der Waals surface area contributed by atoms with Crippen molar-refractivity contribution < 1.29 is 9.47 Å². The molecule has 0 bridgehead atoms. The number of hydrogen-bond donors (Lipinski definition) is 0. The van der Waals surface area contributed by atoms with Gasteiger partial charge in [-0.2, -0.15) is 0 Å². The Hall–Kier alpha value is 0.210. The van der Waals surface area contributed by atoms with E-state index < -0.39 is 0 Å². The van der Waals surface area contributed by atoms with Gasteiger partial charge in [0.1, 0.15) is 0 Å². The molecule has 0 spiro atoms. The average molecular weight is 165 g/mol. The Kier molecular flexibility index (Phi) is 3.46. The minimum Gasteiger partial charge on any atom is -0.350 e. The normalized spacial score (nSPS) is 33.0. The first-order valence-corrected chi connectivity index (χ1v) is 4.23. The molecule has 10 heavy (non-hydrogen) atoms. The fourth-order valence-corrected chi connectivity index (χ4v) is 1.14. The summed E-state index contributed by atoms with van der Waals surface area (Å²) in [7, 11) is 0. The Morgan fingerprint density at radius 3 is 2.90 bits per heavy atom. The number of hydrogen-bond acceptors (Lipinski definition) is 2. The topological polar surface area (TPSA) is 18.5 Å². The van der Waals surface area contributed by atoms with E-state index in [0.29, 0.717) is 12.5 Å². The van der Waals surface area contributed by atoms with Crippen LogP contribution in [0.1, 0.15) is 19.8 Å². The Morgan fingerprint density at radius 1 is 1.60 bits per heavy atom. The molecule has 1 rings (SSSR count). The van der Waals surface area contributed by atoms with E-state index in [0.717, 1.165) is 12.8 Å². The Balaban J connectivity index is 2.15. The monoisotopic (exact) mass is 164 g/mol. The van der Waals surface area contributed by atoms with Crippen molar-refractivity contribution >= 4 is 11.6 Å². The zero-order chi connectivity index (χ0) is 7.40. The van der Waals surface area contributed by atoms with Crippen molar-refractivity contribution in [1.29, 1.82) is 0 Å². The molecule has 0 aliphatic carbocycles. The second-order valence-corrected chi connectivity index (χ2v) is 2.77. The molecule has 0 radical (unpaired) electrons. The Bertz CT molecular complexity index is 97.6. The van der Waals surface area contributed by atoms with E-state index in [1.165, 1.54) is 0 Å². The molecule has 1 saturated heterocycles. The van der Waals surface area contributed by atoms with E-state index in [4.69, 9.17) is 21.1 Å². The van der Waals surface area contributed by atoms with Crippen molar-refractivity contribution in [2.45, 2.75) is 32.2 Å². The molecule has 60 valence electrons. The molecule has 0 N–H and O–H groups in total. The van der Waals surface area contributed by atoms with Crippen molar-refractivity contribution in [1.82, 2.24) is 0 Å². The lowest BCUT2D eigenvalue weighted by Gasteiger charge is -2.07. The minimum atomic E-state index is 0.00810. The van der Waals surface area contributed by atoms with Crippen LogP contribution in [-0.4, -0.2) is 24.9 Å². The summed E-state index contributed by atoms with van der Waals surface area (Å²) in [6, 6.07) is 0. The molecule has 0 saturated carbocycles. The third-order valence-electron chi connectivity index (χ3n) is 1.51. The summed E-state index contributed by atoms with van der Waals surface area (Å²) in [4.78, 5) is 0. The molecule has 1 heterocycles. The van der Waals surface area contributed by atoms with Gasteiger partial charge in [-0.05, 0) is 6.42 Å². The number of rotatable bonds is 3. The fraction of sp³-hybridized carbons (Fsp3) is 1.00. The predicted molar refractivity (Wildman–Crippen MR) is 40.2 cm³/mol. The SMILES string of the molecule is CCC[C@@H]1OC[C@H](CCl)O1. The second-order valence-electron chi connectivity index (χ2n) is 2.46. The van der Waals surface area contributed by atoms with E-state index in [2.05, 4.69) is 6.92 Å². The first-order valence-electron chi connectivity index (χ1n) is 3.69. The molecule has 0 aromatic carbocycles. The zero-order valence-corrected chi connectivity index (χ0v) is 6.93. The molecule has 0 aromatic rings. The first-order chi connectivity index (χ1) is 4.86. The molecule has 3 heteroatoms. The van der Waals surface area contributed by atoms with Crippen LogP contribution < -0.4 is 0 Å². The quantitative estimate of drug-likeness (QED) is 0.592. The van der Waals surface area contributed by atoms with E-state index in [9.17, 15) is 0 Å². The van der Waals surface area contributed by atoms with Crippen LogP contribution in [0.5, 0.6) is 0 Å². The van der Waals surface area contributed by atoms with Crippen LogP contribution in [0.15, 0.2) is 0 Å². The molecular formula is C7H13ClO2. The van der Waals surface area contributed by atoms with Gasteiger partial charge in [0.25, 0.3) is 0 Å². The van der Waals surface area contributed by atoms with Crippen molar-refractivity contribution in [2.75, 3.05) is 12.5 Å². The molecule has 0 unspecified atom stereocenters. The third kappa shape index (κ3) is 2.11. The van der Waals surface area contributed by atoms with Crippen molar-refractivity contribution in [3.63, 3.8) is 0 Å². The molecule has 1 aliphatic rings. The van der Waals surface area contributed by atoms with Crippen LogP contribution in [0, 0.1) is 0 Å². The summed E-state index contributed by atoms with van der Waals surface area (Å²) >= 11 is 5.57. The molecular weight excluding hydrogens is 152 g/mol. The smallest absolute Gasteiger partial charge is 0.158 e. The van der Waals surface area contributed by atoms with Crippen molar-refractivity contribution in [3.05, 3.63) is 0 Å². The molecule has 2 nitrogen and oxygen atoms in total. The minimum absolute atomic E-state index is 0.00810. The fourth-order valence-electron chi connectivity index (χ4n) is 0.976. The molecule has 0 amide bonds. The predicted octanol–water partition coefficient (Wildman–Crippen LogP) is 1.77. The number of halogens is 1. The van der Waals surface area contributed by atoms with Gasteiger partial charge in [-0.1, -0.05) is 13.3 Å². The number of ether oxygens (including phenoxy) is 2. The third-order valence-corrected chi connectivity index (χ3v) is 1.85. The van der Waals surface area contributed by atoms with E-state index in [1.807, 2.05) is 0 Å². The van der Waals surface area contributed by atoms with Gasteiger partial charge in [-0.25, -0.2) is 0 Å². The molecule has 1 aliphatic heterocycles. The summed E-state index contributed by atoms with van der Waals surface area (Å²) in [5.41, 5.74) is 0. The van der Waals surface area contributed by atoms with Crippen LogP contribution in [0.4, 0.5) is 0 Å². The van der Waals surface area contributed by atoms with E-state index in [-0.39, 0.29) is 12.4 Å². The highest BCUT2D eigenvalue weighted by molar-refractivity contribution is 6.18. The van der Waals surface area contributed by atoms with Gasteiger partial charge in [-0.3, -0.25) is 0 Å². The van der Waals surface area contributed by atoms with Crippen LogP contribution in [0.2, 0.25) is 0 Å². The lowest BCUT2D eigenvalue weighted by atomic mass is 10.3. The number of alkyl halides is 1. The van der Waals surface area contributed by atoms with Gasteiger partial charge in [0.2, 0.25) is 0 Å². The summed E-state index contributed by atoms with van der Waals surface area (Å²) < 4.78 is 10.7. The highest BCUT2D eigenvalue weighted by Gasteiger charge is 2.23.